The van der Waals surface area contributed by atoms with Gasteiger partial charge >= 0.3 is 0 Å². The third kappa shape index (κ3) is 3.26. The predicted octanol–water partition coefficient (Wildman–Crippen LogP) is 2.55. The lowest BCUT2D eigenvalue weighted by Crippen LogP contribution is -2.38. The highest BCUT2D eigenvalue weighted by Gasteiger charge is 2.28. The van der Waals surface area contributed by atoms with Crippen LogP contribution in [0.15, 0.2) is 53.3 Å². The van der Waals surface area contributed by atoms with Crippen molar-refractivity contribution in [3.8, 4) is 11.6 Å². The fraction of sp³-hybridized carbons (Fsp3) is 0.278. The smallest absolute Gasteiger partial charge is 0.266 e. The predicted molar refractivity (Wildman–Crippen MR) is 89.6 cm³/mol. The highest BCUT2D eigenvalue weighted by atomic mass is 16.4. The van der Waals surface area contributed by atoms with Crippen molar-refractivity contribution < 1.29 is 9.21 Å². The number of aromatic nitrogens is 4. The van der Waals surface area contributed by atoms with Crippen molar-refractivity contribution in [2.24, 2.45) is 0 Å². The number of carbonyl (C=O) groups excluding carboxylic acids is 1. The van der Waals surface area contributed by atoms with Crippen LogP contribution >= 0.6 is 0 Å². The second kappa shape index (κ2) is 6.80. The Morgan fingerprint density at radius 2 is 1.96 bits per heavy atom. The van der Waals surface area contributed by atoms with Crippen molar-refractivity contribution >= 4 is 5.91 Å². The summed E-state index contributed by atoms with van der Waals surface area (Å²) >= 11 is 0. The van der Waals surface area contributed by atoms with Crippen molar-refractivity contribution in [1.29, 1.82) is 0 Å². The number of carbonyl (C=O) groups is 1. The van der Waals surface area contributed by atoms with E-state index in [1.165, 1.54) is 0 Å². The minimum atomic E-state index is 0.0197. The van der Waals surface area contributed by atoms with Gasteiger partial charge in [0.25, 0.3) is 11.8 Å². The molecule has 126 valence electrons. The Balaban J connectivity index is 1.41. The molecular formula is C18H17N5O2. The average molecular weight is 335 g/mol. The summed E-state index contributed by atoms with van der Waals surface area (Å²) < 4.78 is 5.79. The summed E-state index contributed by atoms with van der Waals surface area (Å²) in [6, 6.07) is 9.13. The number of pyridine rings is 2. The van der Waals surface area contributed by atoms with Gasteiger partial charge in [-0.05, 0) is 37.1 Å². The van der Waals surface area contributed by atoms with Crippen molar-refractivity contribution in [1.82, 2.24) is 25.1 Å². The Morgan fingerprint density at radius 3 is 2.68 bits per heavy atom. The standard InChI is InChI=1S/C18H17N5O2/c24-18(14-4-3-8-19-12-14)23-10-6-13(7-11-23)16-21-22-17(25-16)15-5-1-2-9-20-15/h1-5,8-9,12-13H,6-7,10-11H2. The lowest BCUT2D eigenvalue weighted by atomic mass is 9.96. The molecule has 4 heterocycles. The van der Waals surface area contributed by atoms with Gasteiger partial charge in [-0.3, -0.25) is 14.8 Å². The van der Waals surface area contributed by atoms with E-state index in [0.717, 1.165) is 12.8 Å². The van der Waals surface area contributed by atoms with Crippen LogP contribution in [0, 0.1) is 0 Å². The van der Waals surface area contributed by atoms with Crippen LogP contribution in [0.3, 0.4) is 0 Å². The zero-order valence-electron chi connectivity index (χ0n) is 13.6. The summed E-state index contributed by atoms with van der Waals surface area (Å²) in [5.74, 6) is 1.24. The monoisotopic (exact) mass is 335 g/mol. The number of rotatable bonds is 3. The molecule has 7 heteroatoms. The Morgan fingerprint density at radius 1 is 1.08 bits per heavy atom. The molecule has 0 N–H and O–H groups in total. The number of amides is 1. The summed E-state index contributed by atoms with van der Waals surface area (Å²) in [6.07, 6.45) is 6.57. The van der Waals surface area contributed by atoms with Crippen LogP contribution in [0.25, 0.3) is 11.6 Å². The van der Waals surface area contributed by atoms with Gasteiger partial charge in [-0.2, -0.15) is 0 Å². The zero-order valence-corrected chi connectivity index (χ0v) is 13.6. The molecule has 0 bridgehead atoms. The Hall–Kier alpha value is -3.09. The summed E-state index contributed by atoms with van der Waals surface area (Å²) in [5, 5.41) is 8.27. The first kappa shape index (κ1) is 15.4. The molecule has 0 atom stereocenters. The first-order valence-corrected chi connectivity index (χ1v) is 8.25. The van der Waals surface area contributed by atoms with E-state index in [4.69, 9.17) is 4.42 Å². The fourth-order valence-corrected chi connectivity index (χ4v) is 2.99. The quantitative estimate of drug-likeness (QED) is 0.731. The van der Waals surface area contributed by atoms with Gasteiger partial charge in [0.15, 0.2) is 0 Å². The van der Waals surface area contributed by atoms with Gasteiger partial charge in [0, 0.05) is 37.6 Å². The van der Waals surface area contributed by atoms with Crippen molar-refractivity contribution in [3.05, 3.63) is 60.4 Å². The normalized spacial score (nSPS) is 15.3. The maximum Gasteiger partial charge on any atom is 0.266 e. The second-order valence-electron chi connectivity index (χ2n) is 5.97. The second-order valence-corrected chi connectivity index (χ2v) is 5.97. The van der Waals surface area contributed by atoms with Gasteiger partial charge in [0.2, 0.25) is 5.89 Å². The van der Waals surface area contributed by atoms with Crippen LogP contribution in [0.5, 0.6) is 0 Å². The van der Waals surface area contributed by atoms with Crippen molar-refractivity contribution in [3.63, 3.8) is 0 Å². The number of likely N-dealkylation sites (tertiary alicyclic amines) is 1. The molecule has 1 saturated heterocycles. The summed E-state index contributed by atoms with van der Waals surface area (Å²) in [7, 11) is 0. The van der Waals surface area contributed by atoms with Crippen LogP contribution < -0.4 is 0 Å². The van der Waals surface area contributed by atoms with E-state index < -0.39 is 0 Å². The molecule has 25 heavy (non-hydrogen) atoms. The van der Waals surface area contributed by atoms with Crippen LogP contribution in [-0.2, 0) is 0 Å². The molecule has 0 saturated carbocycles. The molecule has 0 spiro atoms. The Labute approximate surface area is 144 Å². The molecule has 0 unspecified atom stereocenters. The van der Waals surface area contributed by atoms with Gasteiger partial charge in [0.1, 0.15) is 5.69 Å². The molecule has 0 aliphatic carbocycles. The minimum absolute atomic E-state index is 0.0197. The third-order valence-electron chi connectivity index (χ3n) is 4.36. The summed E-state index contributed by atoms with van der Waals surface area (Å²) in [5.41, 5.74) is 1.29. The molecule has 0 radical (unpaired) electrons. The number of nitrogens with zero attached hydrogens (tertiary/aromatic N) is 5. The van der Waals surface area contributed by atoms with Crippen LogP contribution in [0.4, 0.5) is 0 Å². The van der Waals surface area contributed by atoms with Gasteiger partial charge < -0.3 is 9.32 Å². The number of piperidine rings is 1. The number of hydrogen-bond acceptors (Lipinski definition) is 6. The summed E-state index contributed by atoms with van der Waals surface area (Å²) in [6.45, 7) is 1.33. The third-order valence-corrected chi connectivity index (χ3v) is 4.36. The minimum Gasteiger partial charge on any atom is -0.419 e. The van der Waals surface area contributed by atoms with E-state index in [1.807, 2.05) is 23.1 Å². The first-order chi connectivity index (χ1) is 12.3. The molecule has 1 amide bonds. The Bertz CT molecular complexity index is 842. The molecule has 7 nitrogen and oxygen atoms in total. The van der Waals surface area contributed by atoms with E-state index in [9.17, 15) is 4.79 Å². The maximum absolute atomic E-state index is 12.5. The van der Waals surface area contributed by atoms with E-state index in [-0.39, 0.29) is 11.8 Å². The van der Waals surface area contributed by atoms with Crippen LogP contribution in [0.2, 0.25) is 0 Å². The molecule has 4 rings (SSSR count). The molecular weight excluding hydrogens is 318 g/mol. The SMILES string of the molecule is O=C(c1cccnc1)N1CCC(c2nnc(-c3ccccn3)o2)CC1. The number of hydrogen-bond donors (Lipinski definition) is 0. The van der Waals surface area contributed by atoms with Crippen LogP contribution in [-0.4, -0.2) is 44.1 Å². The lowest BCUT2D eigenvalue weighted by molar-refractivity contribution is 0.0706. The van der Waals surface area contributed by atoms with Gasteiger partial charge in [-0.25, -0.2) is 0 Å². The summed E-state index contributed by atoms with van der Waals surface area (Å²) in [4.78, 5) is 22.5. The Kier molecular flexibility index (Phi) is 4.20. The highest BCUT2D eigenvalue weighted by molar-refractivity contribution is 5.93. The van der Waals surface area contributed by atoms with Crippen molar-refractivity contribution in [2.45, 2.75) is 18.8 Å². The first-order valence-electron chi connectivity index (χ1n) is 8.25. The maximum atomic E-state index is 12.5. The van der Waals surface area contributed by atoms with Gasteiger partial charge in [-0.1, -0.05) is 6.07 Å². The zero-order chi connectivity index (χ0) is 17.1. The van der Waals surface area contributed by atoms with E-state index >= 15 is 0 Å². The van der Waals surface area contributed by atoms with Gasteiger partial charge in [0.05, 0.1) is 5.56 Å². The molecule has 1 fully saturated rings. The topological polar surface area (TPSA) is 85.0 Å². The van der Waals surface area contributed by atoms with Gasteiger partial charge in [-0.15, -0.1) is 10.2 Å². The molecule has 3 aromatic heterocycles. The van der Waals surface area contributed by atoms with Crippen LogP contribution in [0.1, 0.15) is 35.0 Å². The van der Waals surface area contributed by atoms with E-state index in [2.05, 4.69) is 20.2 Å². The van der Waals surface area contributed by atoms with E-state index in [0.29, 0.717) is 36.1 Å². The average Bonchev–Trinajstić information content (AvgIpc) is 3.19. The molecule has 1 aliphatic heterocycles. The molecule has 3 aromatic rings. The molecule has 0 aromatic carbocycles. The molecule has 1 aliphatic rings. The largest absolute Gasteiger partial charge is 0.419 e. The lowest BCUT2D eigenvalue weighted by Gasteiger charge is -2.30. The highest BCUT2D eigenvalue weighted by Crippen LogP contribution is 2.29. The van der Waals surface area contributed by atoms with Crippen molar-refractivity contribution in [2.75, 3.05) is 13.1 Å². The van der Waals surface area contributed by atoms with E-state index in [1.54, 1.807) is 30.7 Å². The fourth-order valence-electron chi connectivity index (χ4n) is 2.99.